The van der Waals surface area contributed by atoms with E-state index in [1.165, 1.54) is 0 Å². The predicted octanol–water partition coefficient (Wildman–Crippen LogP) is -1.66. The first kappa shape index (κ1) is 7.39. The fraction of sp³-hybridized carbons (Fsp3) is 0.200. The molecule has 1 rings (SSSR count). The number of carbonyl (C=O) groups is 4. The summed E-state index contributed by atoms with van der Waals surface area (Å²) in [5.41, 5.74) is -2.58. The maximum absolute atomic E-state index is 10.4. The zero-order valence-corrected chi connectivity index (χ0v) is 5.07. The summed E-state index contributed by atoms with van der Waals surface area (Å²) in [5, 5.41) is 8.27. The topological polar surface area (TPSA) is 97.7 Å². The standard InChI is InChI=1S/C5H2O6/c6-1-5(2(7)8)3(9)11-4(5)10/h1H,(H,7,8). The van der Waals surface area contributed by atoms with Crippen LogP contribution in [0, 0.1) is 5.41 Å². The van der Waals surface area contributed by atoms with Crippen molar-refractivity contribution in [2.45, 2.75) is 0 Å². The second-order valence-corrected chi connectivity index (χ2v) is 1.91. The number of carbonyl (C=O) groups excluding carboxylic acids is 3. The summed E-state index contributed by atoms with van der Waals surface area (Å²) in [5.74, 6) is -4.45. The van der Waals surface area contributed by atoms with Crippen LogP contribution in [0.25, 0.3) is 0 Å². The molecule has 0 aromatic rings. The molecule has 0 amide bonds. The van der Waals surface area contributed by atoms with Gasteiger partial charge in [-0.3, -0.25) is 0 Å². The zero-order chi connectivity index (χ0) is 8.65. The van der Waals surface area contributed by atoms with Crippen LogP contribution in [0.5, 0.6) is 0 Å². The Labute approximate surface area is 59.7 Å². The van der Waals surface area contributed by atoms with Crippen LogP contribution in [0.15, 0.2) is 0 Å². The number of cyclic esters (lactones) is 2. The van der Waals surface area contributed by atoms with Gasteiger partial charge >= 0.3 is 23.3 Å². The van der Waals surface area contributed by atoms with Gasteiger partial charge in [0.1, 0.15) is 0 Å². The largest absolute Gasteiger partial charge is 0.480 e. The Morgan fingerprint density at radius 2 is 1.91 bits per heavy atom. The number of hydrogen-bond acceptors (Lipinski definition) is 5. The third-order valence-electron chi connectivity index (χ3n) is 1.34. The first-order chi connectivity index (χ1) is 5.05. The first-order valence-electron chi connectivity index (χ1n) is 2.52. The van der Waals surface area contributed by atoms with Crippen molar-refractivity contribution in [2.24, 2.45) is 5.41 Å². The number of hydrogen-bond donors (Lipinski definition) is 1. The number of ether oxygens (including phenoxy) is 1. The first-order valence-corrected chi connectivity index (χ1v) is 2.52. The average molecular weight is 158 g/mol. The number of aliphatic carboxylic acids is 1. The van der Waals surface area contributed by atoms with E-state index in [0.717, 1.165) is 0 Å². The molecule has 11 heavy (non-hydrogen) atoms. The highest BCUT2D eigenvalue weighted by molar-refractivity contribution is 6.36. The van der Waals surface area contributed by atoms with E-state index in [2.05, 4.69) is 4.74 Å². The fourth-order valence-corrected chi connectivity index (χ4v) is 0.603. The molecule has 0 bridgehead atoms. The normalized spacial score (nSPS) is 20.0. The van der Waals surface area contributed by atoms with Crippen LogP contribution in [-0.2, 0) is 23.9 Å². The summed E-state index contributed by atoms with van der Waals surface area (Å²) in [7, 11) is 0. The van der Waals surface area contributed by atoms with Crippen molar-refractivity contribution in [1.82, 2.24) is 0 Å². The molecule has 0 radical (unpaired) electrons. The van der Waals surface area contributed by atoms with Crippen molar-refractivity contribution in [1.29, 1.82) is 0 Å². The molecule has 0 spiro atoms. The van der Waals surface area contributed by atoms with E-state index in [9.17, 15) is 19.2 Å². The Balaban J connectivity index is 3.10. The van der Waals surface area contributed by atoms with Gasteiger partial charge in [0.2, 0.25) is 0 Å². The van der Waals surface area contributed by atoms with Crippen molar-refractivity contribution < 1.29 is 29.0 Å². The van der Waals surface area contributed by atoms with E-state index >= 15 is 0 Å². The highest BCUT2D eigenvalue weighted by Gasteiger charge is 2.66. The zero-order valence-electron chi connectivity index (χ0n) is 5.07. The predicted molar refractivity (Wildman–Crippen MR) is 27.2 cm³/mol. The fourth-order valence-electron chi connectivity index (χ4n) is 0.603. The van der Waals surface area contributed by atoms with Crippen LogP contribution >= 0.6 is 0 Å². The molecule has 1 fully saturated rings. The summed E-state index contributed by atoms with van der Waals surface area (Å²) >= 11 is 0. The van der Waals surface area contributed by atoms with Crippen LogP contribution in [0.2, 0.25) is 0 Å². The second kappa shape index (κ2) is 1.88. The van der Waals surface area contributed by atoms with Crippen LogP contribution < -0.4 is 0 Å². The number of carboxylic acids is 1. The Morgan fingerprint density at radius 1 is 1.45 bits per heavy atom. The minimum Gasteiger partial charge on any atom is -0.480 e. The molecule has 0 unspecified atom stereocenters. The SMILES string of the molecule is O=CC1(C(=O)O)C(=O)OC1=O. The summed E-state index contributed by atoms with van der Waals surface area (Å²) < 4.78 is 3.72. The second-order valence-electron chi connectivity index (χ2n) is 1.91. The molecule has 6 heteroatoms. The van der Waals surface area contributed by atoms with Gasteiger partial charge in [0, 0.05) is 0 Å². The van der Waals surface area contributed by atoms with Gasteiger partial charge in [-0.25, -0.2) is 14.4 Å². The van der Waals surface area contributed by atoms with Gasteiger partial charge in [-0.15, -0.1) is 0 Å². The third kappa shape index (κ3) is 0.603. The summed E-state index contributed by atoms with van der Waals surface area (Å²) in [4.78, 5) is 41.0. The van der Waals surface area contributed by atoms with Gasteiger partial charge < -0.3 is 14.6 Å². The molecule has 0 atom stereocenters. The molecule has 6 nitrogen and oxygen atoms in total. The van der Waals surface area contributed by atoms with Gasteiger partial charge in [0.15, 0.2) is 6.29 Å². The maximum atomic E-state index is 10.4. The lowest BCUT2D eigenvalue weighted by Crippen LogP contribution is -2.59. The van der Waals surface area contributed by atoms with Crippen molar-refractivity contribution in [3.63, 3.8) is 0 Å². The molecule has 58 valence electrons. The van der Waals surface area contributed by atoms with Crippen LogP contribution in [0.1, 0.15) is 0 Å². The lowest BCUT2D eigenvalue weighted by Gasteiger charge is -2.26. The molecule has 0 aromatic heterocycles. The summed E-state index contributed by atoms with van der Waals surface area (Å²) in [6.07, 6.45) is -0.233. The molecule has 0 aliphatic carbocycles. The number of esters is 2. The molecule has 1 aliphatic heterocycles. The summed E-state index contributed by atoms with van der Waals surface area (Å²) in [6, 6.07) is 0. The lowest BCUT2D eigenvalue weighted by atomic mass is 9.86. The molecule has 0 saturated carbocycles. The molecular weight excluding hydrogens is 156 g/mol. The van der Waals surface area contributed by atoms with Gasteiger partial charge in [0.05, 0.1) is 0 Å². The Hall–Kier alpha value is -1.72. The highest BCUT2D eigenvalue weighted by Crippen LogP contribution is 2.28. The van der Waals surface area contributed by atoms with Gasteiger partial charge in [-0.1, -0.05) is 0 Å². The van der Waals surface area contributed by atoms with Gasteiger partial charge in [0.25, 0.3) is 0 Å². The Bertz CT molecular complexity index is 236. The van der Waals surface area contributed by atoms with E-state index in [4.69, 9.17) is 5.11 Å². The lowest BCUT2D eigenvalue weighted by molar-refractivity contribution is -0.199. The number of carboxylic acid groups (broad SMARTS) is 1. The molecule has 1 N–H and O–H groups in total. The van der Waals surface area contributed by atoms with E-state index in [1.807, 2.05) is 0 Å². The quantitative estimate of drug-likeness (QED) is 0.293. The molecule has 1 heterocycles. The van der Waals surface area contributed by atoms with Crippen LogP contribution in [-0.4, -0.2) is 29.3 Å². The minimum atomic E-state index is -2.58. The molecular formula is C5H2O6. The van der Waals surface area contributed by atoms with E-state index in [-0.39, 0.29) is 6.29 Å². The van der Waals surface area contributed by atoms with Crippen molar-refractivity contribution in [3.8, 4) is 0 Å². The van der Waals surface area contributed by atoms with Crippen LogP contribution in [0.3, 0.4) is 0 Å². The molecule has 0 aromatic carbocycles. The average Bonchev–Trinajstić information content (AvgIpc) is 1.88. The van der Waals surface area contributed by atoms with E-state index in [0.29, 0.717) is 0 Å². The smallest absolute Gasteiger partial charge is 0.350 e. The summed E-state index contributed by atoms with van der Waals surface area (Å²) in [6.45, 7) is 0. The van der Waals surface area contributed by atoms with Gasteiger partial charge in [-0.05, 0) is 0 Å². The monoisotopic (exact) mass is 158 g/mol. The third-order valence-corrected chi connectivity index (χ3v) is 1.34. The molecule has 1 saturated heterocycles. The maximum Gasteiger partial charge on any atom is 0.350 e. The Kier molecular flexibility index (Phi) is 1.26. The number of rotatable bonds is 2. The van der Waals surface area contributed by atoms with E-state index in [1.54, 1.807) is 0 Å². The molecule has 1 aliphatic rings. The number of aldehydes is 1. The Morgan fingerprint density at radius 3 is 2.00 bits per heavy atom. The van der Waals surface area contributed by atoms with Crippen molar-refractivity contribution >= 4 is 24.2 Å². The van der Waals surface area contributed by atoms with Crippen molar-refractivity contribution in [2.75, 3.05) is 0 Å². The van der Waals surface area contributed by atoms with Gasteiger partial charge in [-0.2, -0.15) is 0 Å². The van der Waals surface area contributed by atoms with E-state index < -0.39 is 23.3 Å². The minimum absolute atomic E-state index is 0.233. The van der Waals surface area contributed by atoms with Crippen molar-refractivity contribution in [3.05, 3.63) is 0 Å². The highest BCUT2D eigenvalue weighted by atomic mass is 16.6. The van der Waals surface area contributed by atoms with Crippen LogP contribution in [0.4, 0.5) is 0 Å².